The normalized spacial score (nSPS) is 21.5. The number of benzene rings is 1. The minimum atomic E-state index is -3.50. The Bertz CT molecular complexity index is 562. The number of nitrogens with zero attached hydrogens (tertiary/aromatic N) is 1. The first-order chi connectivity index (χ1) is 8.96. The summed E-state index contributed by atoms with van der Waals surface area (Å²) in [7, 11) is -3.50. The number of thioether (sulfide) groups is 1. The Hall–Kier alpha value is -0.270. The number of aliphatic hydroxyl groups is 1. The highest BCUT2D eigenvalue weighted by Gasteiger charge is 2.31. The van der Waals surface area contributed by atoms with Gasteiger partial charge >= 0.3 is 0 Å². The van der Waals surface area contributed by atoms with Gasteiger partial charge in [-0.1, -0.05) is 17.7 Å². The molecule has 0 spiro atoms. The third-order valence-corrected chi connectivity index (χ3v) is 6.66. The molecule has 1 aromatic carbocycles. The summed E-state index contributed by atoms with van der Waals surface area (Å²) in [5, 5.41) is 9.34. The van der Waals surface area contributed by atoms with Crippen molar-refractivity contribution in [3.63, 3.8) is 0 Å². The minimum Gasteiger partial charge on any atom is -0.392 e. The van der Waals surface area contributed by atoms with Crippen LogP contribution in [0.1, 0.15) is 12.5 Å². The molecule has 1 saturated heterocycles. The van der Waals surface area contributed by atoms with E-state index in [-0.39, 0.29) is 22.6 Å². The molecule has 0 radical (unpaired) electrons. The Morgan fingerprint density at radius 3 is 2.84 bits per heavy atom. The van der Waals surface area contributed by atoms with E-state index >= 15 is 0 Å². The van der Waals surface area contributed by atoms with Crippen LogP contribution in [0.4, 0.5) is 0 Å². The summed E-state index contributed by atoms with van der Waals surface area (Å²) in [6.07, 6.45) is 0. The molecular weight excluding hydrogens is 306 g/mol. The van der Waals surface area contributed by atoms with Crippen molar-refractivity contribution in [3.8, 4) is 0 Å². The van der Waals surface area contributed by atoms with Gasteiger partial charge in [-0.05, 0) is 24.6 Å². The van der Waals surface area contributed by atoms with Crippen LogP contribution in [-0.4, -0.2) is 41.9 Å². The van der Waals surface area contributed by atoms with Crippen LogP contribution in [0.3, 0.4) is 0 Å². The first-order valence-corrected chi connectivity index (χ1v) is 8.93. The lowest BCUT2D eigenvalue weighted by molar-refractivity contribution is 0.282. The first kappa shape index (κ1) is 15.1. The molecular formula is C12H16ClNO3S2. The molecule has 1 fully saturated rings. The lowest BCUT2D eigenvalue weighted by atomic mass is 10.2. The second-order valence-corrected chi connectivity index (χ2v) is 7.90. The van der Waals surface area contributed by atoms with E-state index in [9.17, 15) is 8.42 Å². The van der Waals surface area contributed by atoms with Gasteiger partial charge in [0.05, 0.1) is 11.5 Å². The van der Waals surface area contributed by atoms with Gasteiger partial charge in [0.2, 0.25) is 10.0 Å². The molecule has 19 heavy (non-hydrogen) atoms. The van der Waals surface area contributed by atoms with Crippen LogP contribution in [0.5, 0.6) is 0 Å². The molecule has 0 bridgehead atoms. The average Bonchev–Trinajstić information content (AvgIpc) is 2.39. The van der Waals surface area contributed by atoms with Crippen molar-refractivity contribution in [2.24, 2.45) is 0 Å². The summed E-state index contributed by atoms with van der Waals surface area (Å²) in [5.74, 6) is 1.62. The van der Waals surface area contributed by atoms with Crippen molar-refractivity contribution in [2.45, 2.75) is 24.5 Å². The summed E-state index contributed by atoms with van der Waals surface area (Å²) in [5.41, 5.74) is 0.530. The Kier molecular flexibility index (Phi) is 4.79. The summed E-state index contributed by atoms with van der Waals surface area (Å²) in [4.78, 5) is 0.188. The zero-order valence-corrected chi connectivity index (χ0v) is 12.9. The van der Waals surface area contributed by atoms with Crippen molar-refractivity contribution in [2.75, 3.05) is 18.1 Å². The van der Waals surface area contributed by atoms with E-state index in [2.05, 4.69) is 0 Å². The van der Waals surface area contributed by atoms with Gasteiger partial charge in [0.25, 0.3) is 0 Å². The summed E-state index contributed by atoms with van der Waals surface area (Å²) in [6, 6.07) is 4.46. The van der Waals surface area contributed by atoms with Crippen molar-refractivity contribution in [1.82, 2.24) is 4.31 Å². The highest BCUT2D eigenvalue weighted by Crippen LogP contribution is 2.27. The van der Waals surface area contributed by atoms with E-state index in [0.29, 0.717) is 12.1 Å². The topological polar surface area (TPSA) is 57.6 Å². The molecule has 0 amide bonds. The number of hydrogen-bond donors (Lipinski definition) is 1. The van der Waals surface area contributed by atoms with E-state index in [0.717, 1.165) is 11.5 Å². The van der Waals surface area contributed by atoms with Gasteiger partial charge in [0, 0.05) is 29.1 Å². The van der Waals surface area contributed by atoms with Gasteiger partial charge in [0.1, 0.15) is 0 Å². The SMILES string of the molecule is CC1CSCCN1S(=O)(=O)c1ccc(CO)c(Cl)c1. The maximum Gasteiger partial charge on any atom is 0.243 e. The maximum absolute atomic E-state index is 12.5. The number of rotatable bonds is 3. The second-order valence-electron chi connectivity index (χ2n) is 4.45. The van der Waals surface area contributed by atoms with Crippen molar-refractivity contribution < 1.29 is 13.5 Å². The lowest BCUT2D eigenvalue weighted by Crippen LogP contribution is -2.44. The predicted octanol–water partition coefficient (Wildman–Crippen LogP) is 1.96. The average molecular weight is 322 g/mol. The monoisotopic (exact) mass is 321 g/mol. The van der Waals surface area contributed by atoms with Gasteiger partial charge in [-0.25, -0.2) is 8.42 Å². The molecule has 2 rings (SSSR count). The van der Waals surface area contributed by atoms with Gasteiger partial charge in [-0.15, -0.1) is 0 Å². The summed E-state index contributed by atoms with van der Waals surface area (Å²) in [6.45, 7) is 2.23. The molecule has 7 heteroatoms. The molecule has 0 aromatic heterocycles. The van der Waals surface area contributed by atoms with Crippen LogP contribution in [0, 0.1) is 0 Å². The number of aliphatic hydroxyl groups excluding tert-OH is 1. The number of sulfonamides is 1. The van der Waals surface area contributed by atoms with Crippen LogP contribution >= 0.6 is 23.4 Å². The molecule has 1 heterocycles. The molecule has 0 aliphatic carbocycles. The third-order valence-electron chi connectivity index (χ3n) is 3.11. The zero-order chi connectivity index (χ0) is 14.0. The summed E-state index contributed by atoms with van der Waals surface area (Å²) >= 11 is 7.73. The maximum atomic E-state index is 12.5. The molecule has 1 N–H and O–H groups in total. The summed E-state index contributed by atoms with van der Waals surface area (Å²) < 4.78 is 26.6. The van der Waals surface area contributed by atoms with Crippen molar-refractivity contribution in [1.29, 1.82) is 0 Å². The quantitative estimate of drug-likeness (QED) is 0.924. The van der Waals surface area contributed by atoms with Crippen molar-refractivity contribution >= 4 is 33.4 Å². The largest absolute Gasteiger partial charge is 0.392 e. The fourth-order valence-corrected chi connectivity index (χ4v) is 5.21. The first-order valence-electron chi connectivity index (χ1n) is 5.95. The van der Waals surface area contributed by atoms with Gasteiger partial charge in [-0.3, -0.25) is 0 Å². The zero-order valence-electron chi connectivity index (χ0n) is 10.5. The highest BCUT2D eigenvalue weighted by molar-refractivity contribution is 7.99. The van der Waals surface area contributed by atoms with E-state index in [1.165, 1.54) is 16.4 Å². The van der Waals surface area contributed by atoms with E-state index < -0.39 is 10.0 Å². The number of hydrogen-bond acceptors (Lipinski definition) is 4. The number of halogens is 1. The van der Waals surface area contributed by atoms with E-state index in [4.69, 9.17) is 16.7 Å². The third kappa shape index (κ3) is 3.08. The van der Waals surface area contributed by atoms with Crippen LogP contribution in [0.2, 0.25) is 5.02 Å². The highest BCUT2D eigenvalue weighted by atomic mass is 35.5. The van der Waals surface area contributed by atoms with Crippen LogP contribution in [0.25, 0.3) is 0 Å². The second kappa shape index (κ2) is 6.01. The fourth-order valence-electron chi connectivity index (χ4n) is 2.02. The Morgan fingerprint density at radius 2 is 2.26 bits per heavy atom. The smallest absolute Gasteiger partial charge is 0.243 e. The Labute approximate surface area is 122 Å². The van der Waals surface area contributed by atoms with Crippen molar-refractivity contribution in [3.05, 3.63) is 28.8 Å². The molecule has 1 aliphatic rings. The molecule has 0 saturated carbocycles. The standard InChI is InChI=1S/C12H16ClNO3S2/c1-9-8-18-5-4-14(9)19(16,17)11-3-2-10(7-15)12(13)6-11/h2-3,6,9,15H,4-5,7-8H2,1H3. The minimum absolute atomic E-state index is 0.0138. The fraction of sp³-hybridized carbons (Fsp3) is 0.500. The van der Waals surface area contributed by atoms with Gasteiger partial charge in [0.15, 0.2) is 0 Å². The lowest BCUT2D eigenvalue weighted by Gasteiger charge is -2.32. The molecule has 1 atom stereocenters. The molecule has 4 nitrogen and oxygen atoms in total. The Morgan fingerprint density at radius 1 is 1.53 bits per heavy atom. The molecule has 1 aromatic rings. The molecule has 1 unspecified atom stereocenters. The van der Waals surface area contributed by atoms with E-state index in [1.807, 2.05) is 6.92 Å². The molecule has 106 valence electrons. The van der Waals surface area contributed by atoms with E-state index in [1.54, 1.807) is 17.8 Å². The molecule has 1 aliphatic heterocycles. The Balaban J connectivity index is 2.36. The van der Waals surface area contributed by atoms with Gasteiger partial charge in [-0.2, -0.15) is 16.1 Å². The van der Waals surface area contributed by atoms with Crippen LogP contribution < -0.4 is 0 Å². The van der Waals surface area contributed by atoms with Gasteiger partial charge < -0.3 is 5.11 Å². The predicted molar refractivity (Wildman–Crippen MR) is 78.1 cm³/mol. The van der Waals surface area contributed by atoms with Crippen LogP contribution in [0.15, 0.2) is 23.1 Å². The van der Waals surface area contributed by atoms with Crippen LogP contribution in [-0.2, 0) is 16.6 Å².